The summed E-state index contributed by atoms with van der Waals surface area (Å²) in [5.41, 5.74) is 0.0770. The lowest BCUT2D eigenvalue weighted by atomic mass is 9.97. The average molecular weight is 213 g/mol. The summed E-state index contributed by atoms with van der Waals surface area (Å²) < 4.78 is 0. The van der Waals surface area contributed by atoms with Crippen LogP contribution in [-0.4, -0.2) is 37.5 Å². The second-order valence-corrected chi connectivity index (χ2v) is 5.02. The van der Waals surface area contributed by atoms with Crippen LogP contribution in [0.15, 0.2) is 0 Å². The Morgan fingerprint density at radius 1 is 1.53 bits per heavy atom. The SMILES string of the molecule is CC(C)(C)CNC(=O)C1CNC(=O)CN1. The van der Waals surface area contributed by atoms with Crippen LogP contribution in [0.4, 0.5) is 0 Å². The number of rotatable bonds is 2. The van der Waals surface area contributed by atoms with Crippen molar-refractivity contribution < 1.29 is 9.59 Å². The van der Waals surface area contributed by atoms with Gasteiger partial charge in [0.05, 0.1) is 6.54 Å². The van der Waals surface area contributed by atoms with E-state index in [-0.39, 0.29) is 29.8 Å². The lowest BCUT2D eigenvalue weighted by Gasteiger charge is -2.25. The minimum atomic E-state index is -0.301. The Hall–Kier alpha value is -1.10. The Morgan fingerprint density at radius 2 is 2.20 bits per heavy atom. The molecule has 1 atom stereocenters. The number of carbonyl (C=O) groups excluding carboxylic acids is 2. The van der Waals surface area contributed by atoms with Gasteiger partial charge in [-0.2, -0.15) is 0 Å². The van der Waals surface area contributed by atoms with Crippen LogP contribution < -0.4 is 16.0 Å². The Balaban J connectivity index is 2.31. The Bertz CT molecular complexity index is 248. The number of hydrogen-bond donors (Lipinski definition) is 3. The maximum absolute atomic E-state index is 11.6. The number of carbonyl (C=O) groups is 2. The van der Waals surface area contributed by atoms with E-state index < -0.39 is 0 Å². The number of hydrogen-bond acceptors (Lipinski definition) is 3. The minimum absolute atomic E-state index is 0.0510. The summed E-state index contributed by atoms with van der Waals surface area (Å²) in [5, 5.41) is 8.38. The van der Waals surface area contributed by atoms with Crippen molar-refractivity contribution in [1.29, 1.82) is 0 Å². The molecule has 1 heterocycles. The van der Waals surface area contributed by atoms with E-state index in [4.69, 9.17) is 0 Å². The van der Waals surface area contributed by atoms with Gasteiger partial charge in [0.1, 0.15) is 6.04 Å². The molecule has 0 bridgehead atoms. The number of amides is 2. The van der Waals surface area contributed by atoms with Crippen LogP contribution in [0.2, 0.25) is 0 Å². The fraction of sp³-hybridized carbons (Fsp3) is 0.800. The maximum atomic E-state index is 11.6. The summed E-state index contributed by atoms with van der Waals surface area (Å²) in [6.45, 7) is 7.40. The van der Waals surface area contributed by atoms with Gasteiger partial charge in [-0.3, -0.25) is 14.9 Å². The molecule has 0 radical (unpaired) electrons. The minimum Gasteiger partial charge on any atom is -0.354 e. The van der Waals surface area contributed by atoms with Crippen molar-refractivity contribution in [3.63, 3.8) is 0 Å². The Kier molecular flexibility index (Phi) is 3.68. The molecule has 0 aromatic carbocycles. The van der Waals surface area contributed by atoms with E-state index in [1.807, 2.05) is 0 Å². The van der Waals surface area contributed by atoms with Gasteiger partial charge in [-0.05, 0) is 5.41 Å². The van der Waals surface area contributed by atoms with Gasteiger partial charge in [0.2, 0.25) is 11.8 Å². The van der Waals surface area contributed by atoms with Crippen LogP contribution in [0.25, 0.3) is 0 Å². The molecule has 15 heavy (non-hydrogen) atoms. The van der Waals surface area contributed by atoms with Crippen LogP contribution in [0.5, 0.6) is 0 Å². The van der Waals surface area contributed by atoms with Crippen molar-refractivity contribution in [3.8, 4) is 0 Å². The molecule has 0 aromatic heterocycles. The normalized spacial score (nSPS) is 22.1. The summed E-state index contributed by atoms with van der Waals surface area (Å²) in [4.78, 5) is 22.5. The smallest absolute Gasteiger partial charge is 0.238 e. The predicted octanol–water partition coefficient (Wildman–Crippen LogP) is -0.763. The van der Waals surface area contributed by atoms with Gasteiger partial charge in [0.25, 0.3) is 0 Å². The molecule has 1 saturated heterocycles. The van der Waals surface area contributed by atoms with Gasteiger partial charge in [-0.25, -0.2) is 0 Å². The number of nitrogens with one attached hydrogen (secondary N) is 3. The van der Waals surface area contributed by atoms with Crippen molar-refractivity contribution in [2.24, 2.45) is 5.41 Å². The lowest BCUT2D eigenvalue weighted by molar-refractivity contribution is -0.126. The van der Waals surface area contributed by atoms with Crippen LogP contribution in [-0.2, 0) is 9.59 Å². The number of piperazine rings is 1. The van der Waals surface area contributed by atoms with E-state index in [1.165, 1.54) is 0 Å². The molecule has 1 unspecified atom stereocenters. The van der Waals surface area contributed by atoms with Crippen LogP contribution in [0.3, 0.4) is 0 Å². The molecule has 0 spiro atoms. The topological polar surface area (TPSA) is 70.2 Å². The highest BCUT2D eigenvalue weighted by molar-refractivity contribution is 5.86. The van der Waals surface area contributed by atoms with Crippen molar-refractivity contribution in [2.75, 3.05) is 19.6 Å². The van der Waals surface area contributed by atoms with Gasteiger partial charge < -0.3 is 10.6 Å². The van der Waals surface area contributed by atoms with Gasteiger partial charge >= 0.3 is 0 Å². The first-order valence-electron chi connectivity index (χ1n) is 5.16. The van der Waals surface area contributed by atoms with E-state index >= 15 is 0 Å². The third-order valence-corrected chi connectivity index (χ3v) is 2.12. The first kappa shape index (κ1) is 12.0. The molecule has 1 aliphatic rings. The fourth-order valence-corrected chi connectivity index (χ4v) is 1.23. The molecule has 86 valence electrons. The molecule has 5 heteroatoms. The zero-order valence-corrected chi connectivity index (χ0v) is 9.52. The van der Waals surface area contributed by atoms with Crippen LogP contribution in [0.1, 0.15) is 20.8 Å². The predicted molar refractivity (Wildman–Crippen MR) is 57.3 cm³/mol. The van der Waals surface area contributed by atoms with Gasteiger partial charge in [-0.1, -0.05) is 20.8 Å². The van der Waals surface area contributed by atoms with Gasteiger partial charge in [0, 0.05) is 13.1 Å². The Labute approximate surface area is 90.0 Å². The van der Waals surface area contributed by atoms with Crippen molar-refractivity contribution in [2.45, 2.75) is 26.8 Å². The van der Waals surface area contributed by atoms with E-state index in [9.17, 15) is 9.59 Å². The van der Waals surface area contributed by atoms with E-state index in [2.05, 4.69) is 36.7 Å². The molecule has 2 amide bonds. The summed E-state index contributed by atoms with van der Waals surface area (Å²) in [6.07, 6.45) is 0. The summed E-state index contributed by atoms with van der Waals surface area (Å²) >= 11 is 0. The highest BCUT2D eigenvalue weighted by atomic mass is 16.2. The standard InChI is InChI=1S/C10H19N3O2/c1-10(2,3)6-13-9(15)7-4-12-8(14)5-11-7/h7,11H,4-6H2,1-3H3,(H,12,14)(H,13,15). The zero-order chi connectivity index (χ0) is 11.5. The largest absolute Gasteiger partial charge is 0.354 e. The maximum Gasteiger partial charge on any atom is 0.238 e. The molecule has 1 rings (SSSR count). The summed E-state index contributed by atoms with van der Waals surface area (Å²) in [6, 6.07) is -0.301. The van der Waals surface area contributed by atoms with Crippen molar-refractivity contribution in [1.82, 2.24) is 16.0 Å². The molecule has 1 aliphatic heterocycles. The van der Waals surface area contributed by atoms with E-state index in [0.717, 1.165) is 0 Å². The molecular formula is C10H19N3O2. The van der Waals surface area contributed by atoms with Crippen LogP contribution in [0, 0.1) is 5.41 Å². The molecular weight excluding hydrogens is 194 g/mol. The zero-order valence-electron chi connectivity index (χ0n) is 9.52. The molecule has 5 nitrogen and oxygen atoms in total. The van der Waals surface area contributed by atoms with Gasteiger partial charge in [-0.15, -0.1) is 0 Å². The van der Waals surface area contributed by atoms with Crippen molar-refractivity contribution in [3.05, 3.63) is 0 Å². The summed E-state index contributed by atoms with van der Waals surface area (Å²) in [7, 11) is 0. The second kappa shape index (κ2) is 4.61. The third-order valence-electron chi connectivity index (χ3n) is 2.12. The molecule has 0 saturated carbocycles. The molecule has 1 fully saturated rings. The van der Waals surface area contributed by atoms with Crippen molar-refractivity contribution >= 4 is 11.8 Å². The molecule has 0 aromatic rings. The highest BCUT2D eigenvalue weighted by Crippen LogP contribution is 2.10. The van der Waals surface area contributed by atoms with E-state index in [1.54, 1.807) is 0 Å². The lowest BCUT2D eigenvalue weighted by Crippen LogP contribution is -2.58. The van der Waals surface area contributed by atoms with Crippen LogP contribution >= 0.6 is 0 Å². The van der Waals surface area contributed by atoms with Gasteiger partial charge in [0.15, 0.2) is 0 Å². The Morgan fingerprint density at radius 3 is 2.67 bits per heavy atom. The highest BCUT2D eigenvalue weighted by Gasteiger charge is 2.24. The van der Waals surface area contributed by atoms with E-state index in [0.29, 0.717) is 13.1 Å². The monoisotopic (exact) mass is 213 g/mol. The first-order valence-corrected chi connectivity index (χ1v) is 5.16. The average Bonchev–Trinajstić information content (AvgIpc) is 2.14. The second-order valence-electron chi connectivity index (χ2n) is 5.02. The first-order chi connectivity index (χ1) is 6.88. The third kappa shape index (κ3) is 4.29. The summed E-state index contributed by atoms with van der Waals surface area (Å²) in [5.74, 6) is -0.111. The molecule has 0 aliphatic carbocycles. The fourth-order valence-electron chi connectivity index (χ4n) is 1.23. The quantitative estimate of drug-likeness (QED) is 0.564. The molecule has 3 N–H and O–H groups in total.